The summed E-state index contributed by atoms with van der Waals surface area (Å²) in [7, 11) is 1.91. The number of carbonyl (C=O) groups excluding carboxylic acids is 2. The molecule has 0 aromatic heterocycles. The summed E-state index contributed by atoms with van der Waals surface area (Å²) in [6.07, 6.45) is 4.13. The predicted molar refractivity (Wildman–Crippen MR) is 73.3 cm³/mol. The summed E-state index contributed by atoms with van der Waals surface area (Å²) in [5.74, 6) is -0.286. The van der Waals surface area contributed by atoms with Gasteiger partial charge in [-0.05, 0) is 39.2 Å². The fraction of sp³-hybridized carbons (Fsp3) is 0.786. The van der Waals surface area contributed by atoms with E-state index in [0.29, 0.717) is 13.1 Å². The summed E-state index contributed by atoms with van der Waals surface area (Å²) < 4.78 is 0. The van der Waals surface area contributed by atoms with Crippen molar-refractivity contribution in [1.82, 2.24) is 9.80 Å². The van der Waals surface area contributed by atoms with Gasteiger partial charge in [-0.3, -0.25) is 14.5 Å². The van der Waals surface area contributed by atoms with Crippen molar-refractivity contribution in [2.45, 2.75) is 44.2 Å². The van der Waals surface area contributed by atoms with Crippen molar-refractivity contribution < 1.29 is 9.59 Å². The number of nitriles is 1. The van der Waals surface area contributed by atoms with Gasteiger partial charge in [0.2, 0.25) is 11.8 Å². The van der Waals surface area contributed by atoms with Gasteiger partial charge in [-0.25, -0.2) is 0 Å². The van der Waals surface area contributed by atoms with E-state index in [0.717, 1.165) is 32.1 Å². The van der Waals surface area contributed by atoms with E-state index in [1.54, 1.807) is 4.90 Å². The van der Waals surface area contributed by atoms with Crippen molar-refractivity contribution in [3.05, 3.63) is 0 Å². The Morgan fingerprint density at radius 1 is 1.40 bits per heavy atom. The molecule has 2 aliphatic rings. The Morgan fingerprint density at radius 3 is 2.75 bits per heavy atom. The van der Waals surface area contributed by atoms with Gasteiger partial charge >= 0.3 is 0 Å². The molecule has 2 N–H and O–H groups in total. The van der Waals surface area contributed by atoms with E-state index in [9.17, 15) is 9.59 Å². The lowest BCUT2D eigenvalue weighted by Gasteiger charge is -2.27. The molecule has 1 saturated carbocycles. The van der Waals surface area contributed by atoms with Gasteiger partial charge in [0, 0.05) is 18.5 Å². The highest BCUT2D eigenvalue weighted by molar-refractivity contribution is 5.79. The average Bonchev–Trinajstić information content (AvgIpc) is 3.07. The van der Waals surface area contributed by atoms with E-state index < -0.39 is 0 Å². The zero-order valence-corrected chi connectivity index (χ0v) is 11.9. The van der Waals surface area contributed by atoms with Gasteiger partial charge in [0.15, 0.2) is 0 Å². The number of carbonyl (C=O) groups is 2. The molecule has 3 atom stereocenters. The molecule has 1 heterocycles. The van der Waals surface area contributed by atoms with Crippen LogP contribution in [0.5, 0.6) is 0 Å². The van der Waals surface area contributed by atoms with Crippen LogP contribution in [-0.4, -0.2) is 53.8 Å². The van der Waals surface area contributed by atoms with E-state index in [1.165, 1.54) is 0 Å². The first-order chi connectivity index (χ1) is 9.52. The van der Waals surface area contributed by atoms with Crippen molar-refractivity contribution in [1.29, 1.82) is 5.26 Å². The van der Waals surface area contributed by atoms with Crippen LogP contribution in [0.1, 0.15) is 32.1 Å². The molecule has 2 fully saturated rings. The molecular formula is C14H22N4O2. The maximum atomic E-state index is 12.2. The fourth-order valence-corrected chi connectivity index (χ4v) is 3.25. The van der Waals surface area contributed by atoms with E-state index in [-0.39, 0.29) is 29.8 Å². The first-order valence-corrected chi connectivity index (χ1v) is 7.21. The fourth-order valence-electron chi connectivity index (χ4n) is 3.25. The highest BCUT2D eigenvalue weighted by atomic mass is 16.2. The minimum absolute atomic E-state index is 0.0130. The summed E-state index contributed by atoms with van der Waals surface area (Å²) in [5.41, 5.74) is 5.33. The Hall–Kier alpha value is -1.61. The Kier molecular flexibility index (Phi) is 4.61. The summed E-state index contributed by atoms with van der Waals surface area (Å²) in [4.78, 5) is 27.1. The van der Waals surface area contributed by atoms with Crippen molar-refractivity contribution in [2.24, 2.45) is 11.7 Å². The maximum absolute atomic E-state index is 12.2. The van der Waals surface area contributed by atoms with Crippen LogP contribution in [0.15, 0.2) is 0 Å². The number of rotatable bonds is 4. The van der Waals surface area contributed by atoms with E-state index in [4.69, 9.17) is 11.0 Å². The van der Waals surface area contributed by atoms with Crippen LogP contribution in [-0.2, 0) is 9.59 Å². The first kappa shape index (κ1) is 14.8. The summed E-state index contributed by atoms with van der Waals surface area (Å²) in [5, 5.41) is 9.02. The molecule has 20 heavy (non-hydrogen) atoms. The van der Waals surface area contributed by atoms with Crippen LogP contribution in [0.25, 0.3) is 0 Å². The zero-order valence-electron chi connectivity index (χ0n) is 11.9. The molecule has 6 heteroatoms. The lowest BCUT2D eigenvalue weighted by Crippen LogP contribution is -2.43. The second kappa shape index (κ2) is 6.23. The van der Waals surface area contributed by atoms with Gasteiger partial charge < -0.3 is 10.6 Å². The van der Waals surface area contributed by atoms with Crippen LogP contribution >= 0.6 is 0 Å². The van der Waals surface area contributed by atoms with Crippen molar-refractivity contribution in [2.75, 3.05) is 20.1 Å². The maximum Gasteiger partial charge on any atom is 0.237 e. The third kappa shape index (κ3) is 3.10. The normalized spacial score (nSPS) is 29.6. The number of nitrogens with zero attached hydrogens (tertiary/aromatic N) is 3. The van der Waals surface area contributed by atoms with Gasteiger partial charge in [0.25, 0.3) is 0 Å². The molecule has 0 aromatic carbocycles. The van der Waals surface area contributed by atoms with Crippen molar-refractivity contribution >= 4 is 11.8 Å². The number of likely N-dealkylation sites (tertiary alicyclic amines) is 1. The predicted octanol–water partition coefficient (Wildman–Crippen LogP) is 0.0868. The minimum atomic E-state index is -0.266. The number of primary amides is 1. The van der Waals surface area contributed by atoms with Gasteiger partial charge in [-0.1, -0.05) is 0 Å². The molecule has 2 unspecified atom stereocenters. The Balaban J connectivity index is 1.86. The lowest BCUT2D eigenvalue weighted by atomic mass is 10.1. The number of hydrogen-bond donors (Lipinski definition) is 1. The molecule has 1 saturated heterocycles. The molecule has 2 amide bonds. The van der Waals surface area contributed by atoms with Crippen LogP contribution in [0.4, 0.5) is 0 Å². The van der Waals surface area contributed by atoms with Crippen LogP contribution in [0.2, 0.25) is 0 Å². The smallest absolute Gasteiger partial charge is 0.237 e. The van der Waals surface area contributed by atoms with Gasteiger partial charge in [-0.15, -0.1) is 0 Å². The molecule has 0 radical (unpaired) electrons. The molecule has 0 aromatic rings. The topological polar surface area (TPSA) is 90.4 Å². The van der Waals surface area contributed by atoms with E-state index in [1.807, 2.05) is 11.9 Å². The number of likely N-dealkylation sites (N-methyl/N-ethyl adjacent to an activating group) is 1. The number of hydrogen-bond acceptors (Lipinski definition) is 4. The second-order valence-corrected chi connectivity index (χ2v) is 5.86. The monoisotopic (exact) mass is 278 g/mol. The highest BCUT2D eigenvalue weighted by Gasteiger charge is 2.33. The molecular weight excluding hydrogens is 256 g/mol. The number of nitrogens with two attached hydrogens (primary N) is 1. The Labute approximate surface area is 119 Å². The van der Waals surface area contributed by atoms with E-state index in [2.05, 4.69) is 6.07 Å². The summed E-state index contributed by atoms with van der Waals surface area (Å²) in [6.45, 7) is 0.994. The molecule has 1 aliphatic heterocycles. The third-order valence-corrected chi connectivity index (χ3v) is 4.54. The van der Waals surface area contributed by atoms with Crippen molar-refractivity contribution in [3.63, 3.8) is 0 Å². The average molecular weight is 278 g/mol. The zero-order chi connectivity index (χ0) is 14.7. The molecule has 110 valence electrons. The standard InChI is InChI=1S/C14H22N4O2/c1-17(11-5-4-10(7-11)14(16)20)9-13(19)18-6-2-3-12(18)8-15/h10-12H,2-7,9H2,1H3,(H2,16,20)/t10?,11?,12-/m0/s1. The Bertz CT molecular complexity index is 431. The SMILES string of the molecule is CN(CC(=O)N1CCC[C@H]1C#N)C1CCC(C(N)=O)C1. The molecule has 1 aliphatic carbocycles. The molecule has 0 spiro atoms. The van der Waals surface area contributed by atoms with Crippen LogP contribution in [0, 0.1) is 17.2 Å². The minimum Gasteiger partial charge on any atom is -0.369 e. The van der Waals surface area contributed by atoms with Gasteiger partial charge in [0.1, 0.15) is 6.04 Å². The van der Waals surface area contributed by atoms with Crippen molar-refractivity contribution in [3.8, 4) is 6.07 Å². The quantitative estimate of drug-likeness (QED) is 0.789. The lowest BCUT2D eigenvalue weighted by molar-refractivity contribution is -0.132. The van der Waals surface area contributed by atoms with Gasteiger partial charge in [0.05, 0.1) is 12.6 Å². The summed E-state index contributed by atoms with van der Waals surface area (Å²) in [6, 6.07) is 2.15. The third-order valence-electron chi connectivity index (χ3n) is 4.54. The molecule has 6 nitrogen and oxygen atoms in total. The highest BCUT2D eigenvalue weighted by Crippen LogP contribution is 2.28. The first-order valence-electron chi connectivity index (χ1n) is 7.21. The largest absolute Gasteiger partial charge is 0.369 e. The van der Waals surface area contributed by atoms with Gasteiger partial charge in [-0.2, -0.15) is 5.26 Å². The van der Waals surface area contributed by atoms with Crippen LogP contribution in [0.3, 0.4) is 0 Å². The van der Waals surface area contributed by atoms with Crippen LogP contribution < -0.4 is 5.73 Å². The molecule has 2 rings (SSSR count). The van der Waals surface area contributed by atoms with E-state index >= 15 is 0 Å². The summed E-state index contributed by atoms with van der Waals surface area (Å²) >= 11 is 0. The number of amides is 2. The molecule has 0 bridgehead atoms. The second-order valence-electron chi connectivity index (χ2n) is 5.86. The Morgan fingerprint density at radius 2 is 2.15 bits per heavy atom.